The third-order valence-electron chi connectivity index (χ3n) is 2.37. The summed E-state index contributed by atoms with van der Waals surface area (Å²) in [5.41, 5.74) is -0.0410. The number of rotatable bonds is 3. The van der Waals surface area contributed by atoms with Gasteiger partial charge in [0, 0.05) is 6.07 Å². The van der Waals surface area contributed by atoms with Crippen LogP contribution in [0.3, 0.4) is 0 Å². The zero-order chi connectivity index (χ0) is 14.8. The fraction of sp³-hybridized carbons (Fsp3) is 0. The summed E-state index contributed by atoms with van der Waals surface area (Å²) < 4.78 is 42.0. The minimum atomic E-state index is -4.19. The van der Waals surface area contributed by atoms with Crippen LogP contribution in [0.1, 0.15) is 5.56 Å². The van der Waals surface area contributed by atoms with Crippen LogP contribution in [0.4, 0.5) is 4.39 Å². The maximum Gasteiger partial charge on any atom is 0.340 e. The fourth-order valence-corrected chi connectivity index (χ4v) is 2.72. The van der Waals surface area contributed by atoms with Crippen molar-refractivity contribution in [3.05, 3.63) is 58.9 Å². The van der Waals surface area contributed by atoms with Gasteiger partial charge in [-0.1, -0.05) is 23.7 Å². The lowest BCUT2D eigenvalue weighted by molar-refractivity contribution is 0.484. The van der Waals surface area contributed by atoms with E-state index in [-0.39, 0.29) is 21.2 Å². The topological polar surface area (TPSA) is 67.2 Å². The molecule has 2 aromatic carbocycles. The molecule has 0 saturated carbocycles. The molecule has 4 nitrogen and oxygen atoms in total. The molecule has 0 unspecified atom stereocenters. The van der Waals surface area contributed by atoms with Crippen LogP contribution >= 0.6 is 11.6 Å². The van der Waals surface area contributed by atoms with Crippen molar-refractivity contribution >= 4 is 21.7 Å². The van der Waals surface area contributed by atoms with Gasteiger partial charge in [-0.15, -0.1) is 0 Å². The Morgan fingerprint density at radius 2 is 1.90 bits per heavy atom. The van der Waals surface area contributed by atoms with E-state index in [1.165, 1.54) is 24.3 Å². The Hall–Kier alpha value is -2.10. The fourth-order valence-electron chi connectivity index (χ4n) is 1.48. The van der Waals surface area contributed by atoms with Crippen molar-refractivity contribution in [3.8, 4) is 11.8 Å². The Morgan fingerprint density at radius 1 is 1.20 bits per heavy atom. The molecule has 7 heteroatoms. The van der Waals surface area contributed by atoms with E-state index in [0.717, 1.165) is 18.2 Å². The molecule has 0 atom stereocenters. The summed E-state index contributed by atoms with van der Waals surface area (Å²) in [4.78, 5) is -0.261. The van der Waals surface area contributed by atoms with Crippen molar-refractivity contribution < 1.29 is 17.0 Å². The highest BCUT2D eigenvalue weighted by Crippen LogP contribution is 2.25. The molecule has 2 aromatic rings. The van der Waals surface area contributed by atoms with Crippen LogP contribution in [-0.2, 0) is 10.1 Å². The van der Waals surface area contributed by atoms with Gasteiger partial charge in [0.15, 0.2) is 0 Å². The third-order valence-corrected chi connectivity index (χ3v) is 3.97. The molecule has 0 spiro atoms. The van der Waals surface area contributed by atoms with Crippen molar-refractivity contribution in [2.75, 3.05) is 0 Å². The highest BCUT2D eigenvalue weighted by atomic mass is 35.5. The number of nitriles is 1. The number of halogens is 2. The van der Waals surface area contributed by atoms with Crippen LogP contribution in [0.2, 0.25) is 5.02 Å². The highest BCUT2D eigenvalue weighted by molar-refractivity contribution is 7.87. The summed E-state index contributed by atoms with van der Waals surface area (Å²) in [6, 6.07) is 10.5. The molecular formula is C13H7ClFNO3S. The zero-order valence-corrected chi connectivity index (χ0v) is 11.5. The van der Waals surface area contributed by atoms with Crippen LogP contribution < -0.4 is 4.18 Å². The summed E-state index contributed by atoms with van der Waals surface area (Å²) in [5, 5.41) is 8.63. The van der Waals surface area contributed by atoms with Gasteiger partial charge in [0.1, 0.15) is 22.5 Å². The molecule has 0 aliphatic rings. The summed E-state index contributed by atoms with van der Waals surface area (Å²) in [7, 11) is -4.19. The van der Waals surface area contributed by atoms with Gasteiger partial charge in [-0.2, -0.15) is 13.7 Å². The van der Waals surface area contributed by atoms with Crippen molar-refractivity contribution in [1.82, 2.24) is 0 Å². The van der Waals surface area contributed by atoms with Crippen LogP contribution in [0.15, 0.2) is 47.4 Å². The third kappa shape index (κ3) is 2.90. The maximum atomic E-state index is 13.0. The first-order valence-electron chi connectivity index (χ1n) is 5.33. The minimum Gasteiger partial charge on any atom is -0.379 e. The molecule has 0 aliphatic carbocycles. The van der Waals surface area contributed by atoms with E-state index >= 15 is 0 Å². The van der Waals surface area contributed by atoms with Gasteiger partial charge in [-0.3, -0.25) is 0 Å². The van der Waals surface area contributed by atoms with E-state index < -0.39 is 15.9 Å². The van der Waals surface area contributed by atoms with Crippen LogP contribution in [0.25, 0.3) is 0 Å². The smallest absolute Gasteiger partial charge is 0.340 e. The Balaban J connectivity index is 2.41. The second-order valence-corrected chi connectivity index (χ2v) is 5.64. The molecule has 0 aromatic heterocycles. The van der Waals surface area contributed by atoms with E-state index in [4.69, 9.17) is 21.0 Å². The van der Waals surface area contributed by atoms with Crippen LogP contribution in [0, 0.1) is 17.1 Å². The normalized spacial score (nSPS) is 10.8. The van der Waals surface area contributed by atoms with Gasteiger partial charge in [-0.05, 0) is 24.3 Å². The monoisotopic (exact) mass is 311 g/mol. The van der Waals surface area contributed by atoms with Crippen molar-refractivity contribution in [2.45, 2.75) is 4.90 Å². The summed E-state index contributed by atoms with van der Waals surface area (Å²) in [6.45, 7) is 0. The van der Waals surface area contributed by atoms with Crippen molar-refractivity contribution in [2.24, 2.45) is 0 Å². The number of nitrogens with zero attached hydrogens (tertiary/aromatic N) is 1. The largest absolute Gasteiger partial charge is 0.379 e. The maximum absolute atomic E-state index is 13.0. The molecule has 0 fully saturated rings. The zero-order valence-electron chi connectivity index (χ0n) is 9.88. The summed E-state index contributed by atoms with van der Waals surface area (Å²) >= 11 is 5.55. The van der Waals surface area contributed by atoms with E-state index in [9.17, 15) is 12.8 Å². The molecule has 0 heterocycles. The van der Waals surface area contributed by atoms with Gasteiger partial charge < -0.3 is 4.18 Å². The number of hydrogen-bond donors (Lipinski definition) is 0. The van der Waals surface area contributed by atoms with Gasteiger partial charge in [-0.25, -0.2) is 4.39 Å². The number of benzene rings is 2. The Morgan fingerprint density at radius 3 is 2.55 bits per heavy atom. The van der Waals surface area contributed by atoms with Gasteiger partial charge in [0.2, 0.25) is 0 Å². The standard InChI is InChI=1S/C13H7ClFNO3S/c14-11-7-10(5-6-12(11)15)19-20(17,18)13-4-2-1-3-9(13)8-16/h1-7H. The average molecular weight is 312 g/mol. The molecule has 0 radical (unpaired) electrons. The summed E-state index contributed by atoms with van der Waals surface area (Å²) in [6.07, 6.45) is 0. The average Bonchev–Trinajstić information content (AvgIpc) is 2.42. The van der Waals surface area contributed by atoms with E-state index in [0.29, 0.717) is 0 Å². The van der Waals surface area contributed by atoms with Crippen LogP contribution in [0.5, 0.6) is 5.75 Å². The van der Waals surface area contributed by atoms with E-state index in [1.807, 2.05) is 0 Å². The van der Waals surface area contributed by atoms with E-state index in [2.05, 4.69) is 0 Å². The quantitative estimate of drug-likeness (QED) is 0.817. The van der Waals surface area contributed by atoms with Crippen LogP contribution in [-0.4, -0.2) is 8.42 Å². The summed E-state index contributed by atoms with van der Waals surface area (Å²) in [5.74, 6) is -0.821. The molecular weight excluding hydrogens is 305 g/mol. The second kappa shape index (κ2) is 5.49. The Labute approximate surface area is 120 Å². The minimum absolute atomic E-state index is 0.0410. The predicted molar refractivity (Wildman–Crippen MR) is 70.4 cm³/mol. The van der Waals surface area contributed by atoms with Crippen molar-refractivity contribution in [1.29, 1.82) is 5.26 Å². The van der Waals surface area contributed by atoms with Gasteiger partial charge >= 0.3 is 10.1 Å². The first-order valence-corrected chi connectivity index (χ1v) is 7.11. The first kappa shape index (κ1) is 14.3. The molecule has 0 saturated heterocycles. The highest BCUT2D eigenvalue weighted by Gasteiger charge is 2.21. The molecule has 0 aliphatic heterocycles. The molecule has 0 N–H and O–H groups in total. The molecule has 0 amide bonds. The number of hydrogen-bond acceptors (Lipinski definition) is 4. The van der Waals surface area contributed by atoms with Gasteiger partial charge in [0.25, 0.3) is 0 Å². The Bertz CT molecular complexity index is 800. The lowest BCUT2D eigenvalue weighted by Crippen LogP contribution is -2.11. The van der Waals surface area contributed by atoms with Gasteiger partial charge in [0.05, 0.1) is 10.6 Å². The SMILES string of the molecule is N#Cc1ccccc1S(=O)(=O)Oc1ccc(F)c(Cl)c1. The first-order chi connectivity index (χ1) is 9.44. The Kier molecular flexibility index (Phi) is 3.93. The molecule has 2 rings (SSSR count). The van der Waals surface area contributed by atoms with E-state index in [1.54, 1.807) is 6.07 Å². The second-order valence-electron chi connectivity index (χ2n) is 3.72. The molecule has 102 valence electrons. The predicted octanol–water partition coefficient (Wildman–Crippen LogP) is 3.12. The van der Waals surface area contributed by atoms with Crippen molar-refractivity contribution in [3.63, 3.8) is 0 Å². The lowest BCUT2D eigenvalue weighted by Gasteiger charge is -2.08. The lowest BCUT2D eigenvalue weighted by atomic mass is 10.2. The molecule has 0 bridgehead atoms. The molecule has 20 heavy (non-hydrogen) atoms.